The van der Waals surface area contributed by atoms with Crippen LogP contribution in [0.4, 0.5) is 5.69 Å². The van der Waals surface area contributed by atoms with Gasteiger partial charge in [-0.05, 0) is 65.9 Å². The van der Waals surface area contributed by atoms with E-state index in [0.29, 0.717) is 11.3 Å². The number of rotatable bonds is 4. The molecule has 6 heteroatoms. The van der Waals surface area contributed by atoms with Crippen molar-refractivity contribution in [2.75, 3.05) is 4.72 Å². The van der Waals surface area contributed by atoms with Crippen molar-refractivity contribution in [2.24, 2.45) is 0 Å². The number of Topliss-reactive ketones (excluding diaryl/α,β-unsaturated/α-hetero) is 1. The van der Waals surface area contributed by atoms with E-state index < -0.39 is 10.0 Å². The highest BCUT2D eigenvalue weighted by Crippen LogP contribution is 2.18. The van der Waals surface area contributed by atoms with Crippen LogP contribution in [0.25, 0.3) is 0 Å². The Bertz CT molecular complexity index is 739. The lowest BCUT2D eigenvalue weighted by molar-refractivity contribution is 0.101. The molecule has 0 saturated heterocycles. The number of hydrogen-bond acceptors (Lipinski definition) is 3. The zero-order chi connectivity index (χ0) is 14.8. The molecule has 0 aliphatic rings. The third-order valence-electron chi connectivity index (χ3n) is 2.65. The van der Waals surface area contributed by atoms with Crippen molar-refractivity contribution in [3.63, 3.8) is 0 Å². The molecule has 0 amide bonds. The summed E-state index contributed by atoms with van der Waals surface area (Å²) in [6, 6.07) is 13.0. The monoisotopic (exact) mass is 401 g/mol. The fraction of sp³-hybridized carbons (Fsp3) is 0.0714. The molecule has 1 N–H and O–H groups in total. The van der Waals surface area contributed by atoms with Gasteiger partial charge in [0.1, 0.15) is 0 Å². The number of halogens is 1. The Balaban J connectivity index is 2.33. The van der Waals surface area contributed by atoms with Crippen molar-refractivity contribution in [3.8, 4) is 0 Å². The van der Waals surface area contributed by atoms with E-state index in [1.54, 1.807) is 24.3 Å². The van der Waals surface area contributed by atoms with Crippen LogP contribution >= 0.6 is 22.6 Å². The predicted octanol–water partition coefficient (Wildman–Crippen LogP) is 3.29. The number of anilines is 1. The number of ketones is 1. The molecule has 2 aromatic rings. The first kappa shape index (κ1) is 15.0. The van der Waals surface area contributed by atoms with Crippen LogP contribution in [0.2, 0.25) is 0 Å². The van der Waals surface area contributed by atoms with Crippen LogP contribution in [0.15, 0.2) is 53.4 Å². The average molecular weight is 401 g/mol. The third kappa shape index (κ3) is 3.57. The molecular weight excluding hydrogens is 389 g/mol. The Morgan fingerprint density at radius 3 is 2.35 bits per heavy atom. The van der Waals surface area contributed by atoms with Crippen LogP contribution in [0, 0.1) is 3.57 Å². The van der Waals surface area contributed by atoms with E-state index in [1.165, 1.54) is 19.1 Å². The maximum atomic E-state index is 12.2. The van der Waals surface area contributed by atoms with E-state index in [9.17, 15) is 13.2 Å². The fourth-order valence-electron chi connectivity index (χ4n) is 1.61. The van der Waals surface area contributed by atoms with Crippen LogP contribution in [-0.4, -0.2) is 14.2 Å². The maximum absolute atomic E-state index is 12.2. The van der Waals surface area contributed by atoms with Gasteiger partial charge in [0.25, 0.3) is 10.0 Å². The van der Waals surface area contributed by atoms with Crippen LogP contribution in [0.3, 0.4) is 0 Å². The summed E-state index contributed by atoms with van der Waals surface area (Å²) in [5.41, 5.74) is 0.856. The molecule has 0 aromatic heterocycles. The normalized spacial score (nSPS) is 11.1. The van der Waals surface area contributed by atoms with Crippen molar-refractivity contribution in [1.82, 2.24) is 0 Å². The average Bonchev–Trinajstić information content (AvgIpc) is 2.41. The molecule has 0 saturated carbocycles. The summed E-state index contributed by atoms with van der Waals surface area (Å²) < 4.78 is 28.0. The molecule has 0 unspecified atom stereocenters. The van der Waals surface area contributed by atoms with Crippen LogP contribution < -0.4 is 4.72 Å². The van der Waals surface area contributed by atoms with Crippen LogP contribution in [0.5, 0.6) is 0 Å². The number of carbonyl (C=O) groups is 1. The van der Waals surface area contributed by atoms with Gasteiger partial charge in [-0.15, -0.1) is 0 Å². The minimum atomic E-state index is -3.69. The second-order valence-corrected chi connectivity index (χ2v) is 7.12. The standard InChI is InChI=1S/C14H12INO3S/c1-10(17)11-3-2-4-14(9-11)20(18,19)16-13-7-5-12(15)6-8-13/h2-9,16H,1H3. The lowest BCUT2D eigenvalue weighted by atomic mass is 10.2. The fourth-order valence-corrected chi connectivity index (χ4v) is 3.08. The van der Waals surface area contributed by atoms with Gasteiger partial charge in [-0.1, -0.05) is 12.1 Å². The van der Waals surface area contributed by atoms with Gasteiger partial charge in [0.05, 0.1) is 4.90 Å². The zero-order valence-corrected chi connectivity index (χ0v) is 13.6. The number of hydrogen-bond donors (Lipinski definition) is 1. The number of benzene rings is 2. The molecule has 4 nitrogen and oxygen atoms in total. The minimum Gasteiger partial charge on any atom is -0.295 e. The quantitative estimate of drug-likeness (QED) is 0.632. The van der Waals surface area contributed by atoms with E-state index in [2.05, 4.69) is 27.3 Å². The van der Waals surface area contributed by atoms with Gasteiger partial charge >= 0.3 is 0 Å². The molecule has 0 aliphatic heterocycles. The number of carbonyl (C=O) groups excluding carboxylic acids is 1. The molecule has 0 heterocycles. The number of sulfonamides is 1. The van der Waals surface area contributed by atoms with Crippen molar-refractivity contribution in [1.29, 1.82) is 0 Å². The summed E-state index contributed by atoms with van der Waals surface area (Å²) in [6.45, 7) is 1.40. The largest absolute Gasteiger partial charge is 0.295 e. The van der Waals surface area contributed by atoms with Crippen LogP contribution in [-0.2, 0) is 10.0 Å². The van der Waals surface area contributed by atoms with Gasteiger partial charge in [0, 0.05) is 14.8 Å². The van der Waals surface area contributed by atoms with E-state index in [1.807, 2.05) is 12.1 Å². The Kier molecular flexibility index (Phi) is 4.44. The van der Waals surface area contributed by atoms with Gasteiger partial charge in [0.2, 0.25) is 0 Å². The second kappa shape index (κ2) is 5.92. The summed E-state index contributed by atoms with van der Waals surface area (Å²) >= 11 is 2.14. The van der Waals surface area contributed by atoms with Crippen molar-refractivity contribution in [2.45, 2.75) is 11.8 Å². The van der Waals surface area contributed by atoms with Gasteiger partial charge in [-0.2, -0.15) is 0 Å². The van der Waals surface area contributed by atoms with Gasteiger partial charge in [-0.3, -0.25) is 9.52 Å². The van der Waals surface area contributed by atoms with E-state index in [4.69, 9.17) is 0 Å². The first-order valence-corrected chi connectivity index (χ1v) is 8.34. The molecule has 0 bridgehead atoms. The minimum absolute atomic E-state index is 0.0729. The highest BCUT2D eigenvalue weighted by atomic mass is 127. The number of nitrogens with one attached hydrogen (secondary N) is 1. The van der Waals surface area contributed by atoms with Crippen LogP contribution in [0.1, 0.15) is 17.3 Å². The Hall–Kier alpha value is -1.41. The molecule has 0 spiro atoms. The lowest BCUT2D eigenvalue weighted by Crippen LogP contribution is -2.13. The van der Waals surface area contributed by atoms with E-state index >= 15 is 0 Å². The summed E-state index contributed by atoms with van der Waals surface area (Å²) in [4.78, 5) is 11.4. The smallest absolute Gasteiger partial charge is 0.261 e. The third-order valence-corrected chi connectivity index (χ3v) is 4.75. The molecule has 20 heavy (non-hydrogen) atoms. The summed E-state index contributed by atoms with van der Waals surface area (Å²) in [6.07, 6.45) is 0. The summed E-state index contributed by atoms with van der Waals surface area (Å²) in [5.74, 6) is -0.170. The lowest BCUT2D eigenvalue weighted by Gasteiger charge is -2.09. The molecule has 2 aromatic carbocycles. The van der Waals surface area contributed by atoms with Crippen molar-refractivity contribution in [3.05, 3.63) is 57.7 Å². The first-order chi connectivity index (χ1) is 9.38. The Morgan fingerprint density at radius 2 is 1.75 bits per heavy atom. The Labute approximate surface area is 131 Å². The van der Waals surface area contributed by atoms with Crippen molar-refractivity contribution >= 4 is 44.1 Å². The predicted molar refractivity (Wildman–Crippen MR) is 86.4 cm³/mol. The molecule has 104 valence electrons. The zero-order valence-electron chi connectivity index (χ0n) is 10.6. The molecule has 0 atom stereocenters. The molecule has 0 aliphatic carbocycles. The SMILES string of the molecule is CC(=O)c1cccc(S(=O)(=O)Nc2ccc(I)cc2)c1. The molecule has 0 fully saturated rings. The van der Waals surface area contributed by atoms with Gasteiger partial charge in [0.15, 0.2) is 5.78 Å². The van der Waals surface area contributed by atoms with Crippen molar-refractivity contribution < 1.29 is 13.2 Å². The van der Waals surface area contributed by atoms with Gasteiger partial charge in [-0.25, -0.2) is 8.42 Å². The van der Waals surface area contributed by atoms with E-state index in [-0.39, 0.29) is 10.7 Å². The molecule has 2 rings (SSSR count). The van der Waals surface area contributed by atoms with E-state index in [0.717, 1.165) is 3.57 Å². The summed E-state index contributed by atoms with van der Waals surface area (Å²) in [7, 11) is -3.69. The van der Waals surface area contributed by atoms with Gasteiger partial charge < -0.3 is 0 Å². The second-order valence-electron chi connectivity index (χ2n) is 4.20. The highest BCUT2D eigenvalue weighted by Gasteiger charge is 2.15. The molecular formula is C14H12INO3S. The highest BCUT2D eigenvalue weighted by molar-refractivity contribution is 14.1. The maximum Gasteiger partial charge on any atom is 0.261 e. The summed E-state index contributed by atoms with van der Waals surface area (Å²) in [5, 5.41) is 0. The first-order valence-electron chi connectivity index (χ1n) is 5.78. The Morgan fingerprint density at radius 1 is 1.10 bits per heavy atom. The molecule has 0 radical (unpaired) electrons. The topological polar surface area (TPSA) is 63.2 Å².